The Morgan fingerprint density at radius 1 is 1.42 bits per heavy atom. The number of aryl methyl sites for hydroxylation is 1. The third-order valence-electron chi connectivity index (χ3n) is 2.33. The van der Waals surface area contributed by atoms with Crippen molar-refractivity contribution in [2.75, 3.05) is 17.2 Å². The number of halogens is 1. The summed E-state index contributed by atoms with van der Waals surface area (Å²) in [6, 6.07) is 6.53. The summed E-state index contributed by atoms with van der Waals surface area (Å²) in [7, 11) is 0. The topological polar surface area (TPSA) is 12.0 Å². The lowest BCUT2D eigenvalue weighted by atomic mass is 10.0. The summed E-state index contributed by atoms with van der Waals surface area (Å²) >= 11 is 3.47. The smallest absolute Gasteiger partial charge is 0.0376 e. The first-order valence-corrected chi connectivity index (χ1v) is 5.44. The van der Waals surface area contributed by atoms with E-state index in [0.29, 0.717) is 0 Å². The summed E-state index contributed by atoms with van der Waals surface area (Å²) < 4.78 is 0. The molecule has 1 aromatic rings. The quantitative estimate of drug-likeness (QED) is 0.764. The van der Waals surface area contributed by atoms with Crippen LogP contribution in [0.3, 0.4) is 0 Å². The maximum atomic E-state index is 3.47. The summed E-state index contributed by atoms with van der Waals surface area (Å²) in [6.07, 6.45) is 2.34. The van der Waals surface area contributed by atoms with Gasteiger partial charge in [-0.15, -0.1) is 0 Å². The van der Waals surface area contributed by atoms with Crippen LogP contribution in [0.1, 0.15) is 11.1 Å². The van der Waals surface area contributed by atoms with Crippen LogP contribution >= 0.6 is 15.9 Å². The molecule has 0 unspecified atom stereocenters. The van der Waals surface area contributed by atoms with Crippen molar-refractivity contribution in [3.63, 3.8) is 0 Å². The number of nitrogens with one attached hydrogen (secondary N) is 1. The van der Waals surface area contributed by atoms with Crippen LogP contribution in [0.25, 0.3) is 0 Å². The molecule has 0 spiro atoms. The Kier molecular flexibility index (Phi) is 2.35. The molecule has 2 heteroatoms. The predicted molar refractivity (Wildman–Crippen MR) is 56.1 cm³/mol. The molecule has 64 valence electrons. The number of anilines is 1. The zero-order valence-corrected chi connectivity index (χ0v) is 8.52. The molecular weight excluding hydrogens is 214 g/mol. The van der Waals surface area contributed by atoms with Crippen LogP contribution in [0.4, 0.5) is 5.69 Å². The highest BCUT2D eigenvalue weighted by molar-refractivity contribution is 9.09. The van der Waals surface area contributed by atoms with Crippen LogP contribution in [0, 0.1) is 0 Å². The minimum atomic E-state index is 1.06. The van der Waals surface area contributed by atoms with Gasteiger partial charge in [-0.05, 0) is 30.0 Å². The van der Waals surface area contributed by atoms with Gasteiger partial charge in [-0.25, -0.2) is 0 Å². The monoisotopic (exact) mass is 225 g/mol. The molecule has 0 atom stereocenters. The van der Waals surface area contributed by atoms with Gasteiger partial charge in [-0.3, -0.25) is 0 Å². The first-order valence-electron chi connectivity index (χ1n) is 4.32. The lowest BCUT2D eigenvalue weighted by molar-refractivity contribution is 1.05. The average Bonchev–Trinajstić information content (AvgIpc) is 2.53. The molecule has 1 heterocycles. The molecule has 1 aromatic carbocycles. The van der Waals surface area contributed by atoms with Crippen LogP contribution in [0.5, 0.6) is 0 Å². The van der Waals surface area contributed by atoms with Gasteiger partial charge in [0.25, 0.3) is 0 Å². The summed E-state index contributed by atoms with van der Waals surface area (Å²) in [5, 5.41) is 4.44. The van der Waals surface area contributed by atoms with E-state index in [4.69, 9.17) is 0 Å². The van der Waals surface area contributed by atoms with Gasteiger partial charge in [0.05, 0.1) is 0 Å². The van der Waals surface area contributed by atoms with Crippen molar-refractivity contribution in [3.8, 4) is 0 Å². The Balaban J connectivity index is 2.36. The number of benzene rings is 1. The minimum Gasteiger partial charge on any atom is -0.384 e. The molecule has 1 N–H and O–H groups in total. The maximum Gasteiger partial charge on any atom is 0.0376 e. The van der Waals surface area contributed by atoms with Crippen molar-refractivity contribution in [1.29, 1.82) is 0 Å². The Bertz CT molecular complexity index is 283. The van der Waals surface area contributed by atoms with E-state index in [1.54, 1.807) is 0 Å². The molecule has 1 nitrogen and oxygen atoms in total. The van der Waals surface area contributed by atoms with Crippen molar-refractivity contribution in [2.24, 2.45) is 0 Å². The third-order valence-corrected chi connectivity index (χ3v) is 2.72. The van der Waals surface area contributed by atoms with Gasteiger partial charge in [0.15, 0.2) is 0 Å². The van der Waals surface area contributed by atoms with Gasteiger partial charge in [0.2, 0.25) is 0 Å². The number of fused-ring (bicyclic) bond motifs is 1. The molecule has 0 fully saturated rings. The number of hydrogen-bond acceptors (Lipinski definition) is 1. The molecule has 1 aliphatic heterocycles. The summed E-state index contributed by atoms with van der Waals surface area (Å²) in [6.45, 7) is 1.11. The zero-order chi connectivity index (χ0) is 8.39. The van der Waals surface area contributed by atoms with E-state index in [2.05, 4.69) is 39.4 Å². The first kappa shape index (κ1) is 8.11. The van der Waals surface area contributed by atoms with E-state index in [9.17, 15) is 0 Å². The average molecular weight is 226 g/mol. The van der Waals surface area contributed by atoms with Crippen molar-refractivity contribution in [3.05, 3.63) is 29.3 Å². The second-order valence-electron chi connectivity index (χ2n) is 3.06. The largest absolute Gasteiger partial charge is 0.384 e. The summed E-state index contributed by atoms with van der Waals surface area (Å²) in [5.41, 5.74) is 4.36. The molecule has 0 aromatic heterocycles. The molecule has 0 saturated heterocycles. The van der Waals surface area contributed by atoms with Crippen molar-refractivity contribution >= 4 is 21.6 Å². The molecule has 0 aliphatic carbocycles. The Morgan fingerprint density at radius 3 is 3.17 bits per heavy atom. The van der Waals surface area contributed by atoms with Crippen molar-refractivity contribution in [1.82, 2.24) is 0 Å². The van der Waals surface area contributed by atoms with Crippen LogP contribution < -0.4 is 5.32 Å². The Hall–Kier alpha value is -0.500. The second-order valence-corrected chi connectivity index (χ2v) is 3.85. The molecule has 0 amide bonds. The van der Waals surface area contributed by atoms with Crippen LogP contribution in [0.15, 0.2) is 18.2 Å². The van der Waals surface area contributed by atoms with Gasteiger partial charge >= 0.3 is 0 Å². The fourth-order valence-corrected chi connectivity index (χ4v) is 2.18. The molecule has 0 saturated carbocycles. The van der Waals surface area contributed by atoms with E-state index in [-0.39, 0.29) is 0 Å². The van der Waals surface area contributed by atoms with Gasteiger partial charge in [0, 0.05) is 17.6 Å². The van der Waals surface area contributed by atoms with Crippen LogP contribution in [-0.4, -0.2) is 11.9 Å². The standard InChI is InChI=1S/C10H12BrN/c11-6-4-8-2-1-3-10-9(8)5-7-12-10/h1-3,12H,4-7H2. The Morgan fingerprint density at radius 2 is 2.33 bits per heavy atom. The van der Waals surface area contributed by atoms with Gasteiger partial charge < -0.3 is 5.32 Å². The fraction of sp³-hybridized carbons (Fsp3) is 0.400. The van der Waals surface area contributed by atoms with Gasteiger partial charge in [0.1, 0.15) is 0 Å². The SMILES string of the molecule is BrCCc1cccc2c1CCN2. The first-order chi connectivity index (χ1) is 5.92. The highest BCUT2D eigenvalue weighted by Crippen LogP contribution is 2.25. The van der Waals surface area contributed by atoms with Crippen molar-refractivity contribution in [2.45, 2.75) is 12.8 Å². The third kappa shape index (κ3) is 1.36. The second kappa shape index (κ2) is 3.48. The normalized spacial score (nSPS) is 14.1. The highest BCUT2D eigenvalue weighted by atomic mass is 79.9. The molecule has 12 heavy (non-hydrogen) atoms. The lowest BCUT2D eigenvalue weighted by Crippen LogP contribution is -1.91. The van der Waals surface area contributed by atoms with E-state index in [1.807, 2.05) is 0 Å². The zero-order valence-electron chi connectivity index (χ0n) is 6.94. The van der Waals surface area contributed by atoms with E-state index >= 15 is 0 Å². The number of hydrogen-bond donors (Lipinski definition) is 1. The fourth-order valence-electron chi connectivity index (χ4n) is 1.75. The minimum absolute atomic E-state index is 1.06. The van der Waals surface area contributed by atoms with E-state index < -0.39 is 0 Å². The Labute approximate surface area is 81.3 Å². The number of rotatable bonds is 2. The number of alkyl halides is 1. The van der Waals surface area contributed by atoms with Crippen molar-refractivity contribution < 1.29 is 0 Å². The van der Waals surface area contributed by atoms with E-state index in [0.717, 1.165) is 18.3 Å². The summed E-state index contributed by atoms with van der Waals surface area (Å²) in [5.74, 6) is 0. The molecule has 1 aliphatic rings. The molecule has 0 radical (unpaired) electrons. The van der Waals surface area contributed by atoms with E-state index in [1.165, 1.54) is 23.2 Å². The highest BCUT2D eigenvalue weighted by Gasteiger charge is 2.12. The molecule has 2 rings (SSSR count). The molecular formula is C10H12BrN. The maximum absolute atomic E-state index is 3.47. The predicted octanol–water partition coefficient (Wildman–Crippen LogP) is 2.59. The van der Waals surface area contributed by atoms with Gasteiger partial charge in [-0.2, -0.15) is 0 Å². The lowest BCUT2D eigenvalue weighted by Gasteiger charge is -2.05. The van der Waals surface area contributed by atoms with Crippen LogP contribution in [-0.2, 0) is 12.8 Å². The van der Waals surface area contributed by atoms with Crippen LogP contribution in [0.2, 0.25) is 0 Å². The van der Waals surface area contributed by atoms with Gasteiger partial charge in [-0.1, -0.05) is 28.1 Å². The summed E-state index contributed by atoms with van der Waals surface area (Å²) in [4.78, 5) is 0. The molecule has 0 bridgehead atoms.